The number of rotatable bonds is 9. The monoisotopic (exact) mass is 578 g/mol. The number of hydrogen-bond acceptors (Lipinski definition) is 16. The van der Waals surface area contributed by atoms with E-state index in [0.29, 0.717) is 0 Å². The summed E-state index contributed by atoms with van der Waals surface area (Å²) in [7, 11) is 0. The second-order valence-electron chi connectivity index (χ2n) is 9.05. The highest BCUT2D eigenvalue weighted by atomic mass is 16.8. The van der Waals surface area contributed by atoms with Gasteiger partial charge in [-0.15, -0.1) is 0 Å². The average Bonchev–Trinajstić information content (AvgIpc) is 2.80. The molecule has 16 nitrogen and oxygen atoms in total. The maximum absolute atomic E-state index is 12.1. The van der Waals surface area contributed by atoms with Crippen molar-refractivity contribution in [2.24, 2.45) is 0 Å². The van der Waals surface area contributed by atoms with Crippen molar-refractivity contribution in [2.45, 2.75) is 110 Å². The molecule has 2 aliphatic heterocycles. The first-order valence-corrected chi connectivity index (χ1v) is 12.2. The van der Waals surface area contributed by atoms with Crippen LogP contribution in [-0.2, 0) is 71.4 Å². The minimum atomic E-state index is -1.75. The fourth-order valence-electron chi connectivity index (χ4n) is 4.27. The van der Waals surface area contributed by atoms with Crippen LogP contribution in [0.1, 0.15) is 48.5 Å². The zero-order chi connectivity index (χ0) is 30.3. The lowest BCUT2D eigenvalue weighted by Crippen LogP contribution is -2.66. The van der Waals surface area contributed by atoms with Gasteiger partial charge >= 0.3 is 35.8 Å². The molecule has 0 radical (unpaired) electrons. The van der Waals surface area contributed by atoms with Gasteiger partial charge in [-0.2, -0.15) is 0 Å². The molecular weight excluding hydrogens is 544 g/mol. The molecular formula is C24H34O16. The molecule has 16 heteroatoms. The van der Waals surface area contributed by atoms with Gasteiger partial charge in [-0.25, -0.2) is 0 Å². The number of carbonyl (C=O) groups is 6. The summed E-state index contributed by atoms with van der Waals surface area (Å²) in [4.78, 5) is 71.3. The summed E-state index contributed by atoms with van der Waals surface area (Å²) in [5.74, 6) is -4.91. The normalized spacial score (nSPS) is 33.6. The minimum absolute atomic E-state index is 0.523. The van der Waals surface area contributed by atoms with Crippen LogP contribution in [0.15, 0.2) is 0 Å². The highest BCUT2D eigenvalue weighted by molar-refractivity contribution is 5.69. The molecule has 2 saturated heterocycles. The number of esters is 6. The molecule has 0 saturated carbocycles. The fraction of sp³-hybridized carbons (Fsp3) is 0.750. The Morgan fingerprint density at radius 3 is 1.52 bits per heavy atom. The third-order valence-corrected chi connectivity index (χ3v) is 5.59. The smallest absolute Gasteiger partial charge is 0.303 e. The van der Waals surface area contributed by atoms with Gasteiger partial charge in [0.2, 0.25) is 0 Å². The number of aliphatic hydroxyl groups excluding tert-OH is 1. The number of hydrogen-bond donors (Lipinski definition) is 1. The van der Waals surface area contributed by atoms with Crippen molar-refractivity contribution in [2.75, 3.05) is 6.61 Å². The molecule has 0 bridgehead atoms. The molecule has 0 aromatic carbocycles. The second-order valence-corrected chi connectivity index (χ2v) is 9.05. The summed E-state index contributed by atoms with van der Waals surface area (Å²) in [5.41, 5.74) is 0. The third kappa shape index (κ3) is 9.11. The molecule has 40 heavy (non-hydrogen) atoms. The van der Waals surface area contributed by atoms with Gasteiger partial charge in [0.05, 0.1) is 6.10 Å². The Morgan fingerprint density at radius 2 is 1.02 bits per heavy atom. The first kappa shape index (κ1) is 32.9. The van der Waals surface area contributed by atoms with E-state index in [0.717, 1.165) is 41.5 Å². The van der Waals surface area contributed by atoms with E-state index in [2.05, 4.69) is 0 Å². The first-order chi connectivity index (χ1) is 18.6. The van der Waals surface area contributed by atoms with Gasteiger partial charge in [-0.3, -0.25) is 28.8 Å². The first-order valence-electron chi connectivity index (χ1n) is 12.2. The SMILES string of the molecule is CC(=O)OC[C@H]1O[C@@H](O[C@@H]2[C@H](OC(C)=O)[C@H](C)O[C@H](O)[C@H]2OC(C)=O)[C@H](OC(C)=O)[C@@H](OC(C)=O)[C@H]1OC(C)=O. The standard InChI is InChI=1S/C24H34O16/c1-9-17(34-11(3)26)19(21(23(31)33-9)37-14(6)29)40-24-22(38-15(7)30)20(36-13(5)28)18(35-12(4)27)16(39-24)8-32-10(2)25/h9,16-24,31H,8H2,1-7H3/t9-,16+,17+,18-,19+,20-,21-,22+,23-,24-/m0/s1. The Kier molecular flexibility index (Phi) is 11.8. The van der Waals surface area contributed by atoms with E-state index in [1.54, 1.807) is 0 Å². The molecule has 2 heterocycles. The molecule has 0 aromatic heterocycles. The van der Waals surface area contributed by atoms with Gasteiger partial charge in [-0.05, 0) is 6.92 Å². The summed E-state index contributed by atoms with van der Waals surface area (Å²) in [6, 6.07) is 0. The van der Waals surface area contributed by atoms with Gasteiger partial charge in [0.15, 0.2) is 43.1 Å². The summed E-state index contributed by atoms with van der Waals surface area (Å²) >= 11 is 0. The van der Waals surface area contributed by atoms with Crippen molar-refractivity contribution in [3.8, 4) is 0 Å². The lowest BCUT2D eigenvalue weighted by molar-refractivity contribution is -0.355. The molecule has 10 atom stereocenters. The quantitative estimate of drug-likeness (QED) is 0.259. The van der Waals surface area contributed by atoms with Crippen molar-refractivity contribution in [3.05, 3.63) is 0 Å². The van der Waals surface area contributed by atoms with Crippen LogP contribution in [0.3, 0.4) is 0 Å². The summed E-state index contributed by atoms with van der Waals surface area (Å²) in [5, 5.41) is 10.5. The van der Waals surface area contributed by atoms with Gasteiger partial charge in [-0.1, -0.05) is 0 Å². The van der Waals surface area contributed by atoms with E-state index >= 15 is 0 Å². The maximum atomic E-state index is 12.1. The van der Waals surface area contributed by atoms with Crippen molar-refractivity contribution in [1.82, 2.24) is 0 Å². The lowest BCUT2D eigenvalue weighted by atomic mass is 9.96. The summed E-state index contributed by atoms with van der Waals surface area (Å²) in [6.45, 7) is 7.34. The van der Waals surface area contributed by atoms with Crippen LogP contribution >= 0.6 is 0 Å². The Bertz CT molecular complexity index is 937. The third-order valence-electron chi connectivity index (χ3n) is 5.59. The minimum Gasteiger partial charge on any atom is -0.463 e. The predicted octanol–water partition coefficient (Wildman–Crippen LogP) is -0.945. The van der Waals surface area contributed by atoms with E-state index < -0.39 is 104 Å². The average molecular weight is 579 g/mol. The van der Waals surface area contributed by atoms with Crippen LogP contribution < -0.4 is 0 Å². The van der Waals surface area contributed by atoms with Gasteiger partial charge in [0, 0.05) is 41.5 Å². The number of carbonyl (C=O) groups excluding carboxylic acids is 6. The zero-order valence-corrected chi connectivity index (χ0v) is 23.1. The number of aliphatic hydroxyl groups is 1. The predicted molar refractivity (Wildman–Crippen MR) is 124 cm³/mol. The van der Waals surface area contributed by atoms with E-state index in [1.807, 2.05) is 0 Å². The van der Waals surface area contributed by atoms with E-state index in [9.17, 15) is 33.9 Å². The molecule has 0 aliphatic carbocycles. The highest BCUT2D eigenvalue weighted by Gasteiger charge is 2.56. The van der Waals surface area contributed by atoms with Gasteiger partial charge in [0.25, 0.3) is 0 Å². The van der Waals surface area contributed by atoms with E-state index in [4.69, 9.17) is 42.6 Å². The van der Waals surface area contributed by atoms with E-state index in [1.165, 1.54) is 6.92 Å². The number of ether oxygens (including phenoxy) is 9. The van der Waals surface area contributed by atoms with Crippen LogP contribution in [0, 0.1) is 0 Å². The Balaban J connectivity index is 2.60. The molecule has 226 valence electrons. The molecule has 2 rings (SSSR count). The van der Waals surface area contributed by atoms with Crippen molar-refractivity contribution in [1.29, 1.82) is 0 Å². The van der Waals surface area contributed by atoms with Gasteiger partial charge < -0.3 is 47.7 Å². The van der Waals surface area contributed by atoms with Crippen molar-refractivity contribution >= 4 is 35.8 Å². The largest absolute Gasteiger partial charge is 0.463 e. The Hall–Kier alpha value is -3.34. The second kappa shape index (κ2) is 14.3. The molecule has 2 fully saturated rings. The Morgan fingerprint density at radius 1 is 0.575 bits per heavy atom. The van der Waals surface area contributed by atoms with Crippen LogP contribution in [0.25, 0.3) is 0 Å². The van der Waals surface area contributed by atoms with Crippen LogP contribution in [-0.4, -0.2) is 109 Å². The van der Waals surface area contributed by atoms with Crippen LogP contribution in [0.2, 0.25) is 0 Å². The molecule has 0 spiro atoms. The van der Waals surface area contributed by atoms with Gasteiger partial charge in [0.1, 0.15) is 18.8 Å². The fourth-order valence-corrected chi connectivity index (χ4v) is 4.27. The summed E-state index contributed by atoms with van der Waals surface area (Å²) in [6.07, 6.45) is -14.8. The van der Waals surface area contributed by atoms with E-state index in [-0.39, 0.29) is 0 Å². The lowest BCUT2D eigenvalue weighted by Gasteiger charge is -2.48. The van der Waals surface area contributed by atoms with Crippen molar-refractivity contribution in [3.63, 3.8) is 0 Å². The van der Waals surface area contributed by atoms with Crippen LogP contribution in [0.4, 0.5) is 0 Å². The zero-order valence-electron chi connectivity index (χ0n) is 23.1. The molecule has 0 amide bonds. The molecule has 0 unspecified atom stereocenters. The molecule has 0 aromatic rings. The molecule has 2 aliphatic rings. The summed E-state index contributed by atoms with van der Waals surface area (Å²) < 4.78 is 48.9. The van der Waals surface area contributed by atoms with Crippen LogP contribution in [0.5, 0.6) is 0 Å². The topological polar surface area (TPSA) is 206 Å². The van der Waals surface area contributed by atoms with Crippen molar-refractivity contribution < 1.29 is 76.5 Å². The Labute approximate surface area is 229 Å². The maximum Gasteiger partial charge on any atom is 0.303 e. The highest BCUT2D eigenvalue weighted by Crippen LogP contribution is 2.34. The molecule has 1 N–H and O–H groups in total.